The molecule has 0 unspecified atom stereocenters. The van der Waals surface area contributed by atoms with Gasteiger partial charge in [0, 0.05) is 11.6 Å². The molecule has 19 heavy (non-hydrogen) atoms. The van der Waals surface area contributed by atoms with Crippen LogP contribution in [-0.2, 0) is 6.54 Å². The summed E-state index contributed by atoms with van der Waals surface area (Å²) < 4.78 is 0. The van der Waals surface area contributed by atoms with Gasteiger partial charge in [0.15, 0.2) is 5.96 Å². The maximum atomic E-state index is 10.8. The van der Waals surface area contributed by atoms with Gasteiger partial charge in [-0.05, 0) is 20.8 Å². The summed E-state index contributed by atoms with van der Waals surface area (Å²) in [5.41, 5.74) is 6.12. The highest BCUT2D eigenvalue weighted by Crippen LogP contribution is 2.18. The summed E-state index contributed by atoms with van der Waals surface area (Å²) in [5.74, 6) is 0.278. The first-order valence-electron chi connectivity index (χ1n) is 5.60. The summed E-state index contributed by atoms with van der Waals surface area (Å²) in [7, 11) is 0. The fraction of sp³-hybridized carbons (Fsp3) is 0.417. The minimum absolute atomic E-state index is 0. The summed E-state index contributed by atoms with van der Waals surface area (Å²) >= 11 is 0. The Morgan fingerprint density at radius 2 is 2.00 bits per heavy atom. The number of para-hydroxylation sites is 1. The van der Waals surface area contributed by atoms with Gasteiger partial charge in [-0.2, -0.15) is 0 Å². The maximum Gasteiger partial charge on any atom is 0.274 e. The van der Waals surface area contributed by atoms with Crippen LogP contribution in [0.4, 0.5) is 5.69 Å². The zero-order valence-electron chi connectivity index (χ0n) is 11.2. The fourth-order valence-electron chi connectivity index (χ4n) is 1.42. The lowest BCUT2D eigenvalue weighted by atomic mass is 10.1. The van der Waals surface area contributed by atoms with Crippen molar-refractivity contribution in [3.05, 3.63) is 39.9 Å². The fourth-order valence-corrected chi connectivity index (χ4v) is 1.42. The van der Waals surface area contributed by atoms with Crippen molar-refractivity contribution in [3.8, 4) is 0 Å². The van der Waals surface area contributed by atoms with Crippen LogP contribution in [0.2, 0.25) is 0 Å². The van der Waals surface area contributed by atoms with E-state index in [2.05, 4.69) is 10.3 Å². The van der Waals surface area contributed by atoms with Gasteiger partial charge in [-0.25, -0.2) is 4.99 Å². The molecular formula is C12H19IN4O2. The second kappa shape index (κ2) is 7.27. The van der Waals surface area contributed by atoms with Crippen molar-refractivity contribution < 1.29 is 4.92 Å². The van der Waals surface area contributed by atoms with Gasteiger partial charge in [0.2, 0.25) is 0 Å². The minimum atomic E-state index is -0.418. The number of rotatable bonds is 3. The van der Waals surface area contributed by atoms with Crippen LogP contribution < -0.4 is 11.1 Å². The van der Waals surface area contributed by atoms with Crippen LogP contribution >= 0.6 is 24.0 Å². The van der Waals surface area contributed by atoms with Crippen molar-refractivity contribution in [2.75, 3.05) is 0 Å². The van der Waals surface area contributed by atoms with Crippen LogP contribution in [0.25, 0.3) is 0 Å². The summed E-state index contributed by atoms with van der Waals surface area (Å²) in [5, 5.41) is 13.8. The minimum Gasteiger partial charge on any atom is -0.370 e. The number of nitro groups is 1. The van der Waals surface area contributed by atoms with E-state index >= 15 is 0 Å². The molecule has 0 aromatic heterocycles. The van der Waals surface area contributed by atoms with Crippen molar-refractivity contribution >= 4 is 35.6 Å². The number of benzene rings is 1. The Hall–Kier alpha value is -1.38. The molecule has 0 saturated carbocycles. The molecule has 3 N–H and O–H groups in total. The number of nitro benzene ring substituents is 1. The van der Waals surface area contributed by atoms with E-state index in [0.29, 0.717) is 5.56 Å². The lowest BCUT2D eigenvalue weighted by Gasteiger charge is -2.20. The van der Waals surface area contributed by atoms with Crippen LogP contribution in [0.1, 0.15) is 26.3 Å². The van der Waals surface area contributed by atoms with Gasteiger partial charge in [0.25, 0.3) is 5.69 Å². The SMILES string of the molecule is CC(C)(C)NC(N)=NCc1ccccc1[N+](=O)[O-].I. The Bertz CT molecular complexity index is 469. The highest BCUT2D eigenvalue weighted by Gasteiger charge is 2.13. The van der Waals surface area contributed by atoms with Crippen molar-refractivity contribution in [1.29, 1.82) is 0 Å². The van der Waals surface area contributed by atoms with Gasteiger partial charge < -0.3 is 11.1 Å². The van der Waals surface area contributed by atoms with Gasteiger partial charge in [-0.3, -0.25) is 10.1 Å². The Balaban J connectivity index is 0.00000324. The third kappa shape index (κ3) is 6.37. The van der Waals surface area contributed by atoms with E-state index in [9.17, 15) is 10.1 Å². The topological polar surface area (TPSA) is 93.5 Å². The highest BCUT2D eigenvalue weighted by molar-refractivity contribution is 14.0. The van der Waals surface area contributed by atoms with E-state index in [0.717, 1.165) is 0 Å². The van der Waals surface area contributed by atoms with Crippen molar-refractivity contribution in [3.63, 3.8) is 0 Å². The van der Waals surface area contributed by atoms with Gasteiger partial charge >= 0.3 is 0 Å². The molecule has 0 bridgehead atoms. The summed E-state index contributed by atoms with van der Waals surface area (Å²) in [6, 6.07) is 6.50. The monoisotopic (exact) mass is 378 g/mol. The molecule has 0 aliphatic rings. The van der Waals surface area contributed by atoms with Crippen LogP contribution in [-0.4, -0.2) is 16.4 Å². The third-order valence-electron chi connectivity index (χ3n) is 2.11. The number of nitrogens with two attached hydrogens (primary N) is 1. The molecule has 0 atom stereocenters. The van der Waals surface area contributed by atoms with Crippen molar-refractivity contribution in [2.45, 2.75) is 32.9 Å². The quantitative estimate of drug-likeness (QED) is 0.278. The predicted octanol–water partition coefficient (Wildman–Crippen LogP) is 2.42. The molecule has 0 radical (unpaired) electrons. The van der Waals surface area contributed by atoms with Crippen LogP contribution in [0.15, 0.2) is 29.3 Å². The lowest BCUT2D eigenvalue weighted by molar-refractivity contribution is -0.385. The van der Waals surface area contributed by atoms with E-state index in [4.69, 9.17) is 5.73 Å². The second-order valence-corrected chi connectivity index (χ2v) is 4.96. The number of guanidine groups is 1. The number of hydrogen-bond donors (Lipinski definition) is 2. The maximum absolute atomic E-state index is 10.8. The zero-order chi connectivity index (χ0) is 13.8. The van der Waals surface area contributed by atoms with E-state index in [-0.39, 0.29) is 47.7 Å². The van der Waals surface area contributed by atoms with Crippen LogP contribution in [0, 0.1) is 10.1 Å². The van der Waals surface area contributed by atoms with Crippen LogP contribution in [0.5, 0.6) is 0 Å². The zero-order valence-corrected chi connectivity index (χ0v) is 13.5. The normalized spacial score (nSPS) is 11.6. The number of nitrogens with zero attached hydrogens (tertiary/aromatic N) is 2. The number of aliphatic imine (C=N–C) groups is 1. The smallest absolute Gasteiger partial charge is 0.274 e. The molecule has 1 rings (SSSR count). The molecule has 0 aliphatic heterocycles. The molecule has 0 amide bonds. The molecule has 0 spiro atoms. The molecule has 0 aliphatic carbocycles. The third-order valence-corrected chi connectivity index (χ3v) is 2.11. The Labute approximate surface area is 129 Å². The first-order chi connectivity index (χ1) is 8.29. The predicted molar refractivity (Wildman–Crippen MR) is 86.7 cm³/mol. The molecule has 0 fully saturated rings. The molecule has 0 heterocycles. The van der Waals surface area contributed by atoms with Gasteiger partial charge in [0.05, 0.1) is 17.0 Å². The van der Waals surface area contributed by atoms with Gasteiger partial charge in [-0.1, -0.05) is 18.2 Å². The molecule has 1 aromatic rings. The number of hydrogen-bond acceptors (Lipinski definition) is 3. The van der Waals surface area contributed by atoms with Gasteiger partial charge in [-0.15, -0.1) is 24.0 Å². The molecule has 106 valence electrons. The summed E-state index contributed by atoms with van der Waals surface area (Å²) in [6.45, 7) is 6.06. The Morgan fingerprint density at radius 1 is 1.42 bits per heavy atom. The average Bonchev–Trinajstić information content (AvgIpc) is 2.24. The van der Waals surface area contributed by atoms with Crippen LogP contribution in [0.3, 0.4) is 0 Å². The Morgan fingerprint density at radius 3 is 2.53 bits per heavy atom. The van der Waals surface area contributed by atoms with Crippen molar-refractivity contribution in [1.82, 2.24) is 5.32 Å². The first-order valence-corrected chi connectivity index (χ1v) is 5.60. The standard InChI is InChI=1S/C12H18N4O2.HI/c1-12(2,3)15-11(13)14-8-9-6-4-5-7-10(9)16(17)18;/h4-7H,8H2,1-3H3,(H3,13,14,15);1H. The molecule has 0 saturated heterocycles. The highest BCUT2D eigenvalue weighted by atomic mass is 127. The average molecular weight is 378 g/mol. The summed E-state index contributed by atoms with van der Waals surface area (Å²) in [6.07, 6.45) is 0. The van der Waals surface area contributed by atoms with E-state index in [1.807, 2.05) is 20.8 Å². The molecule has 1 aromatic carbocycles. The van der Waals surface area contributed by atoms with Crippen molar-refractivity contribution in [2.24, 2.45) is 10.7 Å². The van der Waals surface area contributed by atoms with E-state index in [1.54, 1.807) is 18.2 Å². The molecule has 6 nitrogen and oxygen atoms in total. The Kier molecular flexibility index (Phi) is 6.74. The second-order valence-electron chi connectivity index (χ2n) is 4.96. The largest absolute Gasteiger partial charge is 0.370 e. The van der Waals surface area contributed by atoms with Gasteiger partial charge in [0.1, 0.15) is 0 Å². The number of halogens is 1. The molecular weight excluding hydrogens is 359 g/mol. The lowest BCUT2D eigenvalue weighted by Crippen LogP contribution is -2.44. The molecule has 7 heteroatoms. The first kappa shape index (κ1) is 17.6. The number of nitrogens with one attached hydrogen (secondary N) is 1. The van der Waals surface area contributed by atoms with E-state index < -0.39 is 4.92 Å². The van der Waals surface area contributed by atoms with E-state index in [1.165, 1.54) is 6.07 Å². The summed E-state index contributed by atoms with van der Waals surface area (Å²) in [4.78, 5) is 14.5.